The van der Waals surface area contributed by atoms with Crippen LogP contribution in [-0.4, -0.2) is 73.1 Å². The van der Waals surface area contributed by atoms with Crippen molar-refractivity contribution >= 4 is 63.8 Å². The maximum Gasteiger partial charge on any atom is 0.325 e. The van der Waals surface area contributed by atoms with Crippen LogP contribution in [0.1, 0.15) is 39.0 Å². The number of nitrogens with two attached hydrogens (primary N) is 1. The Labute approximate surface area is 287 Å². The molecule has 2 unspecified atom stereocenters. The normalized spacial score (nSPS) is 12.3. The molecule has 2 atom stereocenters. The molecule has 256 valence electrons. The number of carbonyl (C=O) groups is 5. The summed E-state index contributed by atoms with van der Waals surface area (Å²) >= 11 is 0.957. The van der Waals surface area contributed by atoms with Gasteiger partial charge in [-0.3, -0.25) is 24.0 Å². The molecule has 0 aliphatic heterocycles. The van der Waals surface area contributed by atoms with Gasteiger partial charge in [-0.2, -0.15) is 0 Å². The van der Waals surface area contributed by atoms with Crippen molar-refractivity contribution in [2.45, 2.75) is 51.1 Å². The zero-order valence-electron chi connectivity index (χ0n) is 27.5. The molecule has 0 spiro atoms. The number of amides is 2. The highest BCUT2D eigenvalue weighted by Gasteiger charge is 2.44. The number of esters is 2. The number of nitrogens with one attached hydrogen (secondary N) is 2. The van der Waals surface area contributed by atoms with Gasteiger partial charge in [-0.15, -0.1) is 0 Å². The second-order valence-corrected chi connectivity index (χ2v) is 15.7. The van der Waals surface area contributed by atoms with Crippen molar-refractivity contribution in [3.8, 4) is 0 Å². The molecule has 3 aromatic rings. The number of rotatable bonds is 19. The lowest BCUT2D eigenvalue weighted by Gasteiger charge is -2.27. The molecular weight excluding hydrogens is 649 g/mol. The van der Waals surface area contributed by atoms with Gasteiger partial charge in [0.25, 0.3) is 0 Å². The van der Waals surface area contributed by atoms with Crippen LogP contribution in [-0.2, 0) is 33.4 Å². The van der Waals surface area contributed by atoms with Gasteiger partial charge in [-0.05, 0) is 62.6 Å². The van der Waals surface area contributed by atoms with E-state index in [0.717, 1.165) is 24.3 Å². The van der Waals surface area contributed by atoms with Gasteiger partial charge in [-0.25, -0.2) is 0 Å². The van der Waals surface area contributed by atoms with Crippen LogP contribution in [0.4, 0.5) is 0 Å². The van der Waals surface area contributed by atoms with Gasteiger partial charge in [0, 0.05) is 18.6 Å². The molecule has 3 aromatic carbocycles. The summed E-state index contributed by atoms with van der Waals surface area (Å²) in [6.07, 6.45) is 2.52. The molecule has 0 bridgehead atoms. The third kappa shape index (κ3) is 11.6. The summed E-state index contributed by atoms with van der Waals surface area (Å²) in [6, 6.07) is 29.6. The highest BCUT2D eigenvalue weighted by Crippen LogP contribution is 2.56. The Bertz CT molecular complexity index is 1380. The zero-order valence-corrected chi connectivity index (χ0v) is 29.2. The lowest BCUT2D eigenvalue weighted by molar-refractivity contribution is -0.145. The fourth-order valence-electron chi connectivity index (χ4n) is 5.21. The van der Waals surface area contributed by atoms with E-state index in [1.807, 2.05) is 18.2 Å². The molecule has 0 aliphatic rings. The second kappa shape index (κ2) is 20.3. The van der Waals surface area contributed by atoms with E-state index in [9.17, 15) is 24.0 Å². The van der Waals surface area contributed by atoms with Crippen LogP contribution in [0, 0.1) is 0 Å². The highest BCUT2D eigenvalue weighted by atomic mass is 32.2. The van der Waals surface area contributed by atoms with Crippen molar-refractivity contribution in [3.05, 3.63) is 91.0 Å². The average molecular weight is 695 g/mol. The molecule has 10 nitrogen and oxygen atoms in total. The minimum absolute atomic E-state index is 0.0202. The Balaban J connectivity index is 1.64. The molecule has 0 saturated heterocycles. The van der Waals surface area contributed by atoms with Crippen molar-refractivity contribution < 1.29 is 33.4 Å². The van der Waals surface area contributed by atoms with E-state index in [4.69, 9.17) is 10.5 Å². The zero-order chi connectivity index (χ0) is 34.8. The molecule has 0 aromatic heterocycles. The largest absolute Gasteiger partial charge is 0.468 e. The molecule has 48 heavy (non-hydrogen) atoms. The number of ether oxygens (including phenoxy) is 2. The van der Waals surface area contributed by atoms with Gasteiger partial charge in [0.05, 0.1) is 19.9 Å². The van der Waals surface area contributed by atoms with E-state index in [-0.39, 0.29) is 36.9 Å². The number of hydrogen-bond acceptors (Lipinski definition) is 9. The number of unbranched alkanes of at least 4 members (excludes halogenated alkanes) is 1. The van der Waals surface area contributed by atoms with E-state index in [0.29, 0.717) is 12.8 Å². The summed E-state index contributed by atoms with van der Waals surface area (Å²) < 4.78 is 9.44. The SMILES string of the molecule is CCOC(=O)C(N)CCC(=O)NC(CSC(=O)CCCC[P+](c1ccccc1)(c1ccccc1)c1ccccc1)C(=O)NCC(=O)OC. The smallest absolute Gasteiger partial charge is 0.325 e. The maximum atomic E-state index is 13.0. The van der Waals surface area contributed by atoms with Crippen LogP contribution < -0.4 is 32.3 Å². The van der Waals surface area contributed by atoms with Crippen molar-refractivity contribution in [2.75, 3.05) is 32.2 Å². The predicted molar refractivity (Wildman–Crippen MR) is 192 cm³/mol. The second-order valence-electron chi connectivity index (χ2n) is 11.0. The van der Waals surface area contributed by atoms with Gasteiger partial charge in [0.15, 0.2) is 5.12 Å². The predicted octanol–water partition coefficient (Wildman–Crippen LogP) is 2.86. The fraction of sp³-hybridized carbons (Fsp3) is 0.361. The number of carbonyl (C=O) groups excluding carboxylic acids is 5. The van der Waals surface area contributed by atoms with Gasteiger partial charge in [0.2, 0.25) is 11.8 Å². The van der Waals surface area contributed by atoms with E-state index in [1.165, 1.54) is 23.0 Å². The van der Waals surface area contributed by atoms with E-state index < -0.39 is 43.1 Å². The summed E-state index contributed by atoms with van der Waals surface area (Å²) in [4.78, 5) is 61.9. The number of hydrogen-bond donors (Lipinski definition) is 3. The van der Waals surface area contributed by atoms with Crippen molar-refractivity contribution in [1.82, 2.24) is 10.6 Å². The van der Waals surface area contributed by atoms with Gasteiger partial charge < -0.3 is 25.8 Å². The molecule has 12 heteroatoms. The van der Waals surface area contributed by atoms with Crippen molar-refractivity contribution in [3.63, 3.8) is 0 Å². The van der Waals surface area contributed by atoms with Crippen molar-refractivity contribution in [1.29, 1.82) is 0 Å². The van der Waals surface area contributed by atoms with Gasteiger partial charge in [-0.1, -0.05) is 66.4 Å². The summed E-state index contributed by atoms with van der Waals surface area (Å²) in [6.45, 7) is 1.44. The first-order valence-corrected chi connectivity index (χ1v) is 18.9. The lowest BCUT2D eigenvalue weighted by atomic mass is 10.1. The lowest BCUT2D eigenvalue weighted by Crippen LogP contribution is -2.49. The summed E-state index contributed by atoms with van der Waals surface area (Å²) in [7, 11) is -0.815. The molecule has 3 rings (SSSR count). The van der Waals surface area contributed by atoms with E-state index >= 15 is 0 Å². The Hall–Kier alpha value is -4.05. The molecular formula is C36H45N3O7PS+. The Morgan fingerprint density at radius 1 is 0.812 bits per heavy atom. The van der Waals surface area contributed by atoms with Crippen LogP contribution in [0.2, 0.25) is 0 Å². The molecule has 2 amide bonds. The van der Waals surface area contributed by atoms with Gasteiger partial charge in [0.1, 0.15) is 41.8 Å². The Kier molecular flexibility index (Phi) is 16.3. The molecule has 0 saturated carbocycles. The van der Waals surface area contributed by atoms with E-state index in [1.54, 1.807) is 6.92 Å². The quantitative estimate of drug-likeness (QED) is 0.0977. The Morgan fingerprint density at radius 3 is 1.85 bits per heavy atom. The topological polar surface area (TPSA) is 154 Å². The average Bonchev–Trinajstić information content (AvgIpc) is 3.12. The Morgan fingerprint density at radius 2 is 1.35 bits per heavy atom. The fourth-order valence-corrected chi connectivity index (χ4v) is 10.5. The monoisotopic (exact) mass is 694 g/mol. The first-order chi connectivity index (χ1) is 23.2. The molecule has 4 N–H and O–H groups in total. The summed E-state index contributed by atoms with van der Waals surface area (Å²) in [5.74, 6) is -2.46. The number of thioether (sulfide) groups is 1. The maximum absolute atomic E-state index is 13.0. The first kappa shape index (κ1) is 38.4. The molecule has 0 aliphatic carbocycles. The summed E-state index contributed by atoms with van der Waals surface area (Å²) in [5.41, 5.74) is 5.79. The van der Waals surface area contributed by atoms with Crippen LogP contribution >= 0.6 is 19.0 Å². The van der Waals surface area contributed by atoms with Crippen LogP contribution in [0.15, 0.2) is 91.0 Å². The summed E-state index contributed by atoms with van der Waals surface area (Å²) in [5, 5.41) is 8.76. The third-order valence-electron chi connectivity index (χ3n) is 7.68. The standard InChI is InChI=1S/C36H44N3O7PS/c1-3-46-36(44)30(37)22-23-32(40)39-31(35(43)38-25-33(41)45-2)26-48-34(42)21-13-14-24-47(27-15-7-4-8-16-27,28-17-9-5-10-18-28)29-19-11-6-12-20-29/h4-12,15-20,30-31H,3,13-14,21-26,37H2,1-2H3,(H-,38,39,40,43)/p+1. The first-order valence-electron chi connectivity index (χ1n) is 16.0. The minimum atomic E-state index is -2.01. The third-order valence-corrected chi connectivity index (χ3v) is 13.2. The molecule has 0 radical (unpaired) electrons. The number of methoxy groups -OCH3 is 1. The number of benzene rings is 3. The van der Waals surface area contributed by atoms with Crippen molar-refractivity contribution in [2.24, 2.45) is 5.73 Å². The molecule has 0 fully saturated rings. The van der Waals surface area contributed by atoms with Crippen LogP contribution in [0.25, 0.3) is 0 Å². The molecule has 0 heterocycles. The van der Waals surface area contributed by atoms with Gasteiger partial charge >= 0.3 is 11.9 Å². The minimum Gasteiger partial charge on any atom is -0.468 e. The van der Waals surface area contributed by atoms with Crippen LogP contribution in [0.5, 0.6) is 0 Å². The van der Waals surface area contributed by atoms with Crippen LogP contribution in [0.3, 0.4) is 0 Å². The highest BCUT2D eigenvalue weighted by molar-refractivity contribution is 8.13. The van der Waals surface area contributed by atoms with E-state index in [2.05, 4.69) is 88.2 Å².